The van der Waals surface area contributed by atoms with Crippen molar-refractivity contribution in [1.82, 2.24) is 0 Å². The molecular formula is C17H15N5O2. The van der Waals surface area contributed by atoms with Crippen molar-refractivity contribution in [3.05, 3.63) is 24.3 Å². The van der Waals surface area contributed by atoms with Gasteiger partial charge < -0.3 is 0 Å². The third-order valence-electron chi connectivity index (χ3n) is 4.48. The first-order chi connectivity index (χ1) is 11.7. The molecule has 2 fully saturated rings. The van der Waals surface area contributed by atoms with Crippen molar-refractivity contribution < 1.29 is 9.59 Å². The van der Waals surface area contributed by atoms with E-state index in [-0.39, 0.29) is 29.4 Å². The molecule has 2 aliphatic rings. The molecule has 0 spiro atoms. The predicted molar refractivity (Wildman–Crippen MR) is 86.7 cm³/mol. The molecule has 0 radical (unpaired) electrons. The molecule has 120 valence electrons. The number of amides is 2. The highest BCUT2D eigenvalue weighted by atomic mass is 16.2. The van der Waals surface area contributed by atoms with E-state index in [2.05, 4.69) is 10.5 Å². The number of imide groups is 1. The fourth-order valence-electron chi connectivity index (χ4n) is 3.30. The topological polar surface area (TPSA) is 109 Å². The summed E-state index contributed by atoms with van der Waals surface area (Å²) in [6, 6.07) is 9.90. The highest BCUT2D eigenvalue weighted by Crippen LogP contribution is 2.40. The standard InChI is InChI=1S/C17H15N5O2/c18-9-12(10-19)21-20-11-5-7-13(8-6-11)22-16(23)14-3-1-2-4-15(14)17(22)24/h5-8,14-15,20H,1-4H2. The van der Waals surface area contributed by atoms with Crippen LogP contribution in [0.25, 0.3) is 0 Å². The summed E-state index contributed by atoms with van der Waals surface area (Å²) >= 11 is 0. The molecular weight excluding hydrogens is 306 g/mol. The molecule has 2 amide bonds. The van der Waals surface area contributed by atoms with Crippen LogP contribution in [0.2, 0.25) is 0 Å². The number of hydrazone groups is 1. The number of nitrogens with zero attached hydrogens (tertiary/aromatic N) is 4. The molecule has 2 atom stereocenters. The average Bonchev–Trinajstić information content (AvgIpc) is 2.88. The van der Waals surface area contributed by atoms with Crippen LogP contribution < -0.4 is 10.3 Å². The van der Waals surface area contributed by atoms with Crippen LogP contribution in [-0.4, -0.2) is 17.5 Å². The molecule has 0 bridgehead atoms. The van der Waals surface area contributed by atoms with E-state index >= 15 is 0 Å². The van der Waals surface area contributed by atoms with Crippen molar-refractivity contribution >= 4 is 28.9 Å². The lowest BCUT2D eigenvalue weighted by atomic mass is 9.81. The highest BCUT2D eigenvalue weighted by Gasteiger charge is 2.48. The number of nitriles is 2. The van der Waals surface area contributed by atoms with Gasteiger partial charge in [0, 0.05) is 0 Å². The Bertz CT molecular complexity index is 745. The molecule has 1 N–H and O–H groups in total. The second-order valence-electron chi connectivity index (χ2n) is 5.85. The molecule has 1 aliphatic carbocycles. The molecule has 1 aromatic carbocycles. The summed E-state index contributed by atoms with van der Waals surface area (Å²) in [5.41, 5.74) is 3.40. The maximum absolute atomic E-state index is 12.5. The van der Waals surface area contributed by atoms with Crippen molar-refractivity contribution in [1.29, 1.82) is 10.5 Å². The second-order valence-corrected chi connectivity index (χ2v) is 5.85. The van der Waals surface area contributed by atoms with Crippen LogP contribution in [0, 0.1) is 34.5 Å². The number of nitrogens with one attached hydrogen (secondary N) is 1. The minimum atomic E-state index is -0.284. The number of anilines is 2. The van der Waals surface area contributed by atoms with Gasteiger partial charge in [-0.3, -0.25) is 19.9 Å². The number of benzene rings is 1. The van der Waals surface area contributed by atoms with Crippen LogP contribution in [0.5, 0.6) is 0 Å². The zero-order chi connectivity index (χ0) is 17.1. The zero-order valence-electron chi connectivity index (χ0n) is 12.9. The van der Waals surface area contributed by atoms with Gasteiger partial charge in [0.1, 0.15) is 12.1 Å². The first-order valence-corrected chi connectivity index (χ1v) is 7.77. The summed E-state index contributed by atoms with van der Waals surface area (Å²) in [7, 11) is 0. The smallest absolute Gasteiger partial charge is 0.237 e. The molecule has 2 unspecified atom stereocenters. The molecule has 7 nitrogen and oxygen atoms in total. The van der Waals surface area contributed by atoms with Crippen LogP contribution in [0.3, 0.4) is 0 Å². The van der Waals surface area contributed by atoms with Gasteiger partial charge in [-0.2, -0.15) is 15.6 Å². The Morgan fingerprint density at radius 2 is 1.58 bits per heavy atom. The van der Waals surface area contributed by atoms with Crippen molar-refractivity contribution in [3.8, 4) is 12.1 Å². The van der Waals surface area contributed by atoms with Gasteiger partial charge in [-0.1, -0.05) is 12.8 Å². The summed E-state index contributed by atoms with van der Waals surface area (Å²) in [6.07, 6.45) is 3.56. The van der Waals surface area contributed by atoms with Crippen molar-refractivity contribution in [2.24, 2.45) is 16.9 Å². The number of carbonyl (C=O) groups excluding carboxylic acids is 2. The number of fused-ring (bicyclic) bond motifs is 1. The Balaban J connectivity index is 1.78. The van der Waals surface area contributed by atoms with E-state index < -0.39 is 0 Å². The van der Waals surface area contributed by atoms with Gasteiger partial charge in [0.15, 0.2) is 0 Å². The lowest BCUT2D eigenvalue weighted by molar-refractivity contribution is -0.122. The molecule has 0 aromatic heterocycles. The quantitative estimate of drug-likeness (QED) is 0.521. The summed E-state index contributed by atoms with van der Waals surface area (Å²) in [5.74, 6) is -0.579. The normalized spacial score (nSPS) is 22.3. The van der Waals surface area contributed by atoms with Crippen LogP contribution in [0.1, 0.15) is 25.7 Å². The van der Waals surface area contributed by atoms with Gasteiger partial charge in [-0.05, 0) is 37.1 Å². The second kappa shape index (κ2) is 6.51. The van der Waals surface area contributed by atoms with Crippen LogP contribution >= 0.6 is 0 Å². The van der Waals surface area contributed by atoms with Crippen molar-refractivity contribution in [2.45, 2.75) is 25.7 Å². The predicted octanol–water partition coefficient (Wildman–Crippen LogP) is 2.18. The minimum Gasteiger partial charge on any atom is -0.277 e. The van der Waals surface area contributed by atoms with E-state index in [9.17, 15) is 9.59 Å². The maximum Gasteiger partial charge on any atom is 0.237 e. The third kappa shape index (κ3) is 2.72. The summed E-state index contributed by atoms with van der Waals surface area (Å²) in [6.45, 7) is 0. The largest absolute Gasteiger partial charge is 0.277 e. The van der Waals surface area contributed by atoms with Gasteiger partial charge in [-0.25, -0.2) is 0 Å². The molecule has 1 saturated carbocycles. The van der Waals surface area contributed by atoms with Gasteiger partial charge in [-0.15, -0.1) is 0 Å². The van der Waals surface area contributed by atoms with Gasteiger partial charge in [0.2, 0.25) is 17.5 Å². The minimum absolute atomic E-state index is 0.111. The van der Waals surface area contributed by atoms with Crippen molar-refractivity contribution in [3.63, 3.8) is 0 Å². The van der Waals surface area contributed by atoms with Crippen molar-refractivity contribution in [2.75, 3.05) is 10.3 Å². The van der Waals surface area contributed by atoms with Gasteiger partial charge >= 0.3 is 0 Å². The molecule has 1 heterocycles. The Kier molecular flexibility index (Phi) is 4.26. The Labute approximate surface area is 139 Å². The van der Waals surface area contributed by atoms with Gasteiger partial charge in [0.25, 0.3) is 0 Å². The number of carbonyl (C=O) groups is 2. The zero-order valence-corrected chi connectivity index (χ0v) is 12.9. The molecule has 7 heteroatoms. The van der Waals surface area contributed by atoms with Gasteiger partial charge in [0.05, 0.1) is 23.2 Å². The molecule has 3 rings (SSSR count). The third-order valence-corrected chi connectivity index (χ3v) is 4.48. The molecule has 1 aromatic rings. The Morgan fingerprint density at radius 1 is 1.04 bits per heavy atom. The maximum atomic E-state index is 12.5. The fourth-order valence-corrected chi connectivity index (χ4v) is 3.30. The lowest BCUT2D eigenvalue weighted by Crippen LogP contribution is -2.30. The molecule has 24 heavy (non-hydrogen) atoms. The van der Waals surface area contributed by atoms with E-state index in [1.54, 1.807) is 36.4 Å². The van der Waals surface area contributed by atoms with E-state index in [4.69, 9.17) is 10.5 Å². The lowest BCUT2D eigenvalue weighted by Gasteiger charge is -2.19. The van der Waals surface area contributed by atoms with Crippen LogP contribution in [-0.2, 0) is 9.59 Å². The summed E-state index contributed by atoms with van der Waals surface area (Å²) < 4.78 is 0. The molecule has 1 aliphatic heterocycles. The van der Waals surface area contributed by atoms with Crippen LogP contribution in [0.15, 0.2) is 29.4 Å². The summed E-state index contributed by atoms with van der Waals surface area (Å²) in [4.78, 5) is 26.3. The fraction of sp³-hybridized carbons (Fsp3) is 0.353. The Morgan fingerprint density at radius 3 is 2.08 bits per heavy atom. The summed E-state index contributed by atoms with van der Waals surface area (Å²) in [5, 5.41) is 20.9. The SMILES string of the molecule is N#CC(C#N)=NNc1ccc(N2C(=O)C3CCCCC3C2=O)cc1. The monoisotopic (exact) mass is 321 g/mol. The first kappa shape index (κ1) is 15.7. The average molecular weight is 321 g/mol. The highest BCUT2D eigenvalue weighted by molar-refractivity contribution is 6.22. The number of hydrogen-bond donors (Lipinski definition) is 1. The van der Waals surface area contributed by atoms with E-state index in [1.165, 1.54) is 4.90 Å². The molecule has 1 saturated heterocycles. The van der Waals surface area contributed by atoms with E-state index in [0.717, 1.165) is 25.7 Å². The van der Waals surface area contributed by atoms with E-state index in [1.807, 2.05) is 0 Å². The van der Waals surface area contributed by atoms with E-state index in [0.29, 0.717) is 11.4 Å². The number of hydrogen-bond acceptors (Lipinski definition) is 6. The van der Waals surface area contributed by atoms with Crippen LogP contribution in [0.4, 0.5) is 11.4 Å². The number of rotatable bonds is 3. The Hall–Kier alpha value is -3.19. The first-order valence-electron chi connectivity index (χ1n) is 7.77.